The predicted octanol–water partition coefficient (Wildman–Crippen LogP) is 0.117. The zero-order valence-corrected chi connectivity index (χ0v) is 12.0. The number of carbonyl (C=O) groups is 2. The third-order valence-electron chi connectivity index (χ3n) is 2.55. The van der Waals surface area contributed by atoms with Crippen molar-refractivity contribution >= 4 is 30.1 Å². The summed E-state index contributed by atoms with van der Waals surface area (Å²) in [5, 5.41) is 12.5. The number of amides is 2. The molecule has 1 rings (SSSR count). The normalized spacial score (nSPS) is 9.48. The van der Waals surface area contributed by atoms with E-state index in [2.05, 4.69) is 18.5 Å². The number of hydrogen-bond donors (Lipinski definition) is 2. The van der Waals surface area contributed by atoms with Gasteiger partial charge in [-0.3, -0.25) is 9.59 Å². The van der Waals surface area contributed by atoms with Gasteiger partial charge in [-0.1, -0.05) is 25.3 Å². The third-order valence-corrected chi connectivity index (χ3v) is 2.55. The summed E-state index contributed by atoms with van der Waals surface area (Å²) in [7, 11) is 1.80. The fourth-order valence-corrected chi connectivity index (χ4v) is 1.43. The second kappa shape index (κ2) is 7.30. The highest BCUT2D eigenvalue weighted by molar-refractivity contribution is 6.60. The van der Waals surface area contributed by atoms with E-state index in [0.717, 1.165) is 6.08 Å². The summed E-state index contributed by atoms with van der Waals surface area (Å²) in [6.45, 7) is 6.82. The smallest absolute Gasteiger partial charge is 0.529 e. The number of nitrogens with one attached hydrogen (secondary N) is 1. The molecule has 0 aliphatic carbocycles. The van der Waals surface area contributed by atoms with Gasteiger partial charge in [-0.25, -0.2) is 0 Å². The molecule has 21 heavy (non-hydrogen) atoms. The molecule has 6 nitrogen and oxygen atoms in total. The molecule has 0 radical (unpaired) electrons. The van der Waals surface area contributed by atoms with Crippen LogP contribution in [0.5, 0.6) is 0 Å². The molecule has 110 valence electrons. The molecule has 0 unspecified atom stereocenters. The van der Waals surface area contributed by atoms with E-state index in [1.807, 2.05) is 0 Å². The maximum Gasteiger partial charge on any atom is 0.560 e. The molecule has 1 aromatic rings. The van der Waals surface area contributed by atoms with Crippen molar-refractivity contribution in [3.63, 3.8) is 0 Å². The van der Waals surface area contributed by atoms with Crippen LogP contribution in [0.15, 0.2) is 49.3 Å². The van der Waals surface area contributed by atoms with Gasteiger partial charge in [0.25, 0.3) is 5.91 Å². The van der Waals surface area contributed by atoms with E-state index >= 15 is 0 Å². The zero-order valence-electron chi connectivity index (χ0n) is 12.0. The second-order valence-corrected chi connectivity index (χ2v) is 4.41. The van der Waals surface area contributed by atoms with Crippen molar-refractivity contribution in [2.24, 2.45) is 0 Å². The highest BCUT2D eigenvalue weighted by Crippen LogP contribution is 2.06. The van der Waals surface area contributed by atoms with Crippen LogP contribution in [0.4, 0.5) is 5.69 Å². The van der Waals surface area contributed by atoms with Crippen molar-refractivity contribution < 1.29 is 19.3 Å². The van der Waals surface area contributed by atoms with Crippen LogP contribution in [0, 0.1) is 0 Å². The predicted molar refractivity (Wildman–Crippen MR) is 81.8 cm³/mol. The molecule has 0 spiro atoms. The molecule has 0 aromatic heterocycles. The summed E-state index contributed by atoms with van der Waals surface area (Å²) in [6, 6.07) is 6.33. The lowest BCUT2D eigenvalue weighted by Gasteiger charge is -2.15. The van der Waals surface area contributed by atoms with E-state index in [1.165, 1.54) is 4.90 Å². The van der Waals surface area contributed by atoms with Crippen molar-refractivity contribution in [1.29, 1.82) is 0 Å². The molecule has 2 amide bonds. The van der Waals surface area contributed by atoms with Crippen LogP contribution in [0.2, 0.25) is 0 Å². The molecule has 0 fully saturated rings. The molecule has 0 saturated carbocycles. The Hall–Kier alpha value is -2.54. The minimum atomic E-state index is -1.31. The number of likely N-dealkylation sites (N-methyl/N-ethyl adjacent to an activating group) is 1. The molecule has 1 aromatic carbocycles. The molecule has 0 bridgehead atoms. The van der Waals surface area contributed by atoms with Crippen molar-refractivity contribution in [2.45, 2.75) is 0 Å². The summed E-state index contributed by atoms with van der Waals surface area (Å²) in [5.74, 6) is -0.912. The quantitative estimate of drug-likeness (QED) is 0.442. The average molecular weight is 288 g/mol. The third kappa shape index (κ3) is 4.81. The summed E-state index contributed by atoms with van der Waals surface area (Å²) in [5.41, 5.74) is 0.985. The van der Waals surface area contributed by atoms with Gasteiger partial charge in [0.1, 0.15) is 0 Å². The fraction of sp³-hybridized carbons (Fsp3) is 0.143. The van der Waals surface area contributed by atoms with E-state index in [9.17, 15) is 14.6 Å². The maximum atomic E-state index is 11.6. The number of nitrogens with zero attached hydrogens (tertiary/aromatic N) is 1. The van der Waals surface area contributed by atoms with E-state index in [1.54, 1.807) is 38.4 Å². The number of anilines is 1. The first-order chi connectivity index (χ1) is 9.85. The number of hydrogen-bond acceptors (Lipinski definition) is 4. The Morgan fingerprint density at radius 1 is 1.33 bits per heavy atom. The largest absolute Gasteiger partial charge is 0.560 e. The Bertz CT molecular complexity index is 555. The Morgan fingerprint density at radius 3 is 2.38 bits per heavy atom. The molecular formula is C14H17BN2O4. The number of benzene rings is 1. The molecule has 0 saturated heterocycles. The molecule has 0 aliphatic rings. The minimum absolute atomic E-state index is 0.156. The van der Waals surface area contributed by atoms with Crippen LogP contribution in [-0.4, -0.2) is 43.0 Å². The summed E-state index contributed by atoms with van der Waals surface area (Å²) >= 11 is 0. The lowest BCUT2D eigenvalue weighted by Crippen LogP contribution is -2.36. The summed E-state index contributed by atoms with van der Waals surface area (Å²) in [6.07, 6.45) is 1.16. The molecule has 0 heterocycles. The topological polar surface area (TPSA) is 78.9 Å². The average Bonchev–Trinajstić information content (AvgIpc) is 2.46. The lowest BCUT2D eigenvalue weighted by molar-refractivity contribution is -0.127. The maximum absolute atomic E-state index is 11.6. The number of rotatable bonds is 6. The second-order valence-electron chi connectivity index (χ2n) is 4.41. The first kappa shape index (κ1) is 16.5. The van der Waals surface area contributed by atoms with Gasteiger partial charge in [0.15, 0.2) is 5.76 Å². The lowest BCUT2D eigenvalue weighted by atomic mass is 9.79. The van der Waals surface area contributed by atoms with Crippen molar-refractivity contribution in [3.05, 3.63) is 49.3 Å². The van der Waals surface area contributed by atoms with Gasteiger partial charge in [0.2, 0.25) is 5.91 Å². The highest BCUT2D eigenvalue weighted by Gasteiger charge is 2.22. The standard InChI is InChI=1S/C14H17BN2O4/c1-5-13(18)16-12-8-6-11(7-9-12)15(20)21-10(2)14(19)17(3)4/h5-9,20H,1-2H2,3-4H3,(H,16,18). The molecule has 7 heteroatoms. The first-order valence-electron chi connectivity index (χ1n) is 6.13. The first-order valence-corrected chi connectivity index (χ1v) is 6.13. The van der Waals surface area contributed by atoms with Crippen molar-refractivity contribution in [2.75, 3.05) is 19.4 Å². The molecule has 0 aliphatic heterocycles. The molecule has 2 N–H and O–H groups in total. The number of carbonyl (C=O) groups excluding carboxylic acids is 2. The SMILES string of the molecule is C=CC(=O)Nc1ccc(B(O)OC(=C)C(=O)N(C)C)cc1. The molecule has 0 atom stereocenters. The van der Waals surface area contributed by atoms with Crippen LogP contribution in [0.25, 0.3) is 0 Å². The fourth-order valence-electron chi connectivity index (χ4n) is 1.43. The Labute approximate surface area is 123 Å². The van der Waals surface area contributed by atoms with E-state index in [-0.39, 0.29) is 11.7 Å². The van der Waals surface area contributed by atoms with E-state index in [4.69, 9.17) is 4.65 Å². The summed E-state index contributed by atoms with van der Waals surface area (Å²) in [4.78, 5) is 24.0. The van der Waals surface area contributed by atoms with Gasteiger partial charge in [-0.05, 0) is 23.7 Å². The monoisotopic (exact) mass is 288 g/mol. The minimum Gasteiger partial charge on any atom is -0.529 e. The zero-order chi connectivity index (χ0) is 16.0. The van der Waals surface area contributed by atoms with Crippen LogP contribution in [-0.2, 0) is 14.2 Å². The Balaban J connectivity index is 2.69. The van der Waals surface area contributed by atoms with Crippen LogP contribution < -0.4 is 10.8 Å². The highest BCUT2D eigenvalue weighted by atomic mass is 16.5. The Kier molecular flexibility index (Phi) is 5.74. The van der Waals surface area contributed by atoms with E-state index < -0.39 is 13.0 Å². The van der Waals surface area contributed by atoms with Crippen LogP contribution in [0.3, 0.4) is 0 Å². The van der Waals surface area contributed by atoms with Crippen molar-refractivity contribution in [1.82, 2.24) is 4.90 Å². The molecular weight excluding hydrogens is 271 g/mol. The van der Waals surface area contributed by atoms with Gasteiger partial charge in [0.05, 0.1) is 0 Å². The van der Waals surface area contributed by atoms with E-state index in [0.29, 0.717) is 11.2 Å². The van der Waals surface area contributed by atoms with Gasteiger partial charge in [-0.2, -0.15) is 0 Å². The van der Waals surface area contributed by atoms with Gasteiger partial charge >= 0.3 is 7.12 Å². The van der Waals surface area contributed by atoms with Gasteiger partial charge in [0, 0.05) is 19.8 Å². The summed E-state index contributed by atoms with van der Waals surface area (Å²) < 4.78 is 5.07. The van der Waals surface area contributed by atoms with Crippen LogP contribution >= 0.6 is 0 Å². The van der Waals surface area contributed by atoms with Crippen molar-refractivity contribution in [3.8, 4) is 0 Å². The Morgan fingerprint density at radius 2 is 1.90 bits per heavy atom. The van der Waals surface area contributed by atoms with Gasteiger partial charge < -0.3 is 19.9 Å². The van der Waals surface area contributed by atoms with Crippen LogP contribution in [0.1, 0.15) is 0 Å². The van der Waals surface area contributed by atoms with Gasteiger partial charge in [-0.15, -0.1) is 0 Å².